The first-order valence-corrected chi connectivity index (χ1v) is 10.3. The molecule has 2 aromatic heterocycles. The lowest BCUT2D eigenvalue weighted by Gasteiger charge is -2.20. The molecule has 4 rings (SSSR count). The lowest BCUT2D eigenvalue weighted by atomic mass is 10.1. The van der Waals surface area contributed by atoms with E-state index < -0.39 is 11.7 Å². The van der Waals surface area contributed by atoms with E-state index in [-0.39, 0.29) is 22.3 Å². The van der Waals surface area contributed by atoms with Gasteiger partial charge in [-0.3, -0.25) is 4.57 Å². The van der Waals surface area contributed by atoms with Gasteiger partial charge in [-0.1, -0.05) is 11.6 Å². The van der Waals surface area contributed by atoms with Gasteiger partial charge in [0, 0.05) is 22.8 Å². The molecule has 1 saturated heterocycles. The van der Waals surface area contributed by atoms with Crippen LogP contribution >= 0.6 is 11.6 Å². The molecule has 0 radical (unpaired) electrons. The highest BCUT2D eigenvalue weighted by molar-refractivity contribution is 6.31. The number of aromatic nitrogens is 4. The first kappa shape index (κ1) is 21.6. The fourth-order valence-corrected chi connectivity index (χ4v) is 3.77. The predicted octanol–water partition coefficient (Wildman–Crippen LogP) is 4.99. The largest absolute Gasteiger partial charge is 0.416 e. The third-order valence-corrected chi connectivity index (χ3v) is 5.02. The number of hydrogen-bond donors (Lipinski definition) is 3. The lowest BCUT2D eigenvalue weighted by molar-refractivity contribution is -0.137. The van der Waals surface area contributed by atoms with E-state index in [0.29, 0.717) is 29.6 Å². The summed E-state index contributed by atoms with van der Waals surface area (Å²) in [6.07, 6.45) is -2.05. The molecular formula is C20H23ClF3N7. The average molecular weight is 454 g/mol. The molecule has 0 bridgehead atoms. The van der Waals surface area contributed by atoms with Crippen LogP contribution in [0, 0.1) is 0 Å². The molecule has 3 N–H and O–H groups in total. The number of halogens is 4. The Bertz CT molecular complexity index is 1100. The molecule has 11 heteroatoms. The van der Waals surface area contributed by atoms with E-state index >= 15 is 0 Å². The van der Waals surface area contributed by atoms with Crippen molar-refractivity contribution in [3.63, 3.8) is 0 Å². The Hall–Kier alpha value is -2.59. The molecule has 1 atom stereocenters. The Morgan fingerprint density at radius 1 is 1.16 bits per heavy atom. The molecule has 1 aliphatic rings. The SMILES string of the molecule is CC(C)(C)Nc1ncc2nc(Nc3cc(Cl)cc(C(F)(F)F)c3)n(C3CCNC3)c2n1. The Morgan fingerprint density at radius 2 is 1.94 bits per heavy atom. The van der Waals surface area contributed by atoms with E-state index in [0.717, 1.165) is 25.1 Å². The number of anilines is 3. The minimum atomic E-state index is -4.50. The summed E-state index contributed by atoms with van der Waals surface area (Å²) >= 11 is 5.94. The fraction of sp³-hybridized carbons (Fsp3) is 0.450. The Kier molecular flexibility index (Phi) is 5.47. The smallest absolute Gasteiger partial charge is 0.350 e. The van der Waals surface area contributed by atoms with Crippen LogP contribution in [-0.4, -0.2) is 38.1 Å². The molecule has 166 valence electrons. The van der Waals surface area contributed by atoms with Crippen molar-refractivity contribution in [3.05, 3.63) is 35.0 Å². The van der Waals surface area contributed by atoms with Crippen molar-refractivity contribution in [1.29, 1.82) is 0 Å². The average Bonchev–Trinajstić information content (AvgIpc) is 3.26. The van der Waals surface area contributed by atoms with Crippen LogP contribution in [-0.2, 0) is 6.18 Å². The fourth-order valence-electron chi connectivity index (χ4n) is 3.53. The van der Waals surface area contributed by atoms with E-state index in [1.165, 1.54) is 6.07 Å². The molecule has 3 heterocycles. The van der Waals surface area contributed by atoms with E-state index in [1.54, 1.807) is 6.20 Å². The van der Waals surface area contributed by atoms with E-state index in [4.69, 9.17) is 11.6 Å². The third-order valence-electron chi connectivity index (χ3n) is 4.80. The second kappa shape index (κ2) is 7.83. The standard InChI is InChI=1S/C20H23ClF3N7/c1-19(2,3)30-17-26-10-15-16(29-17)31(14-4-5-25-9-14)18(28-15)27-13-7-11(20(22,23)24)6-12(21)8-13/h6-8,10,14,25H,4-5,9H2,1-3H3,(H,27,28)(H,26,29,30). The van der Waals surface area contributed by atoms with Gasteiger partial charge in [-0.2, -0.15) is 18.2 Å². The van der Waals surface area contributed by atoms with Crippen molar-refractivity contribution in [2.45, 2.75) is 44.9 Å². The van der Waals surface area contributed by atoms with Crippen LogP contribution in [0.5, 0.6) is 0 Å². The number of imidazole rings is 1. The molecule has 1 aliphatic heterocycles. The number of fused-ring (bicyclic) bond motifs is 1. The van der Waals surface area contributed by atoms with Gasteiger partial charge in [-0.15, -0.1) is 0 Å². The van der Waals surface area contributed by atoms with Gasteiger partial charge in [0.1, 0.15) is 5.52 Å². The summed E-state index contributed by atoms with van der Waals surface area (Å²) in [5, 5.41) is 9.54. The van der Waals surface area contributed by atoms with Crippen molar-refractivity contribution >= 4 is 40.3 Å². The van der Waals surface area contributed by atoms with Gasteiger partial charge in [-0.05, 0) is 51.9 Å². The molecule has 0 amide bonds. The third kappa shape index (κ3) is 4.85. The molecule has 3 aromatic rings. The maximum atomic E-state index is 13.2. The number of alkyl halides is 3. The normalized spacial score (nSPS) is 17.3. The Balaban J connectivity index is 1.78. The van der Waals surface area contributed by atoms with Gasteiger partial charge in [0.05, 0.1) is 17.8 Å². The van der Waals surface area contributed by atoms with Crippen LogP contribution in [0.1, 0.15) is 38.8 Å². The molecule has 0 saturated carbocycles. The quantitative estimate of drug-likeness (QED) is 0.516. The van der Waals surface area contributed by atoms with E-state index in [2.05, 4.69) is 30.9 Å². The van der Waals surface area contributed by atoms with Gasteiger partial charge in [-0.25, -0.2) is 9.97 Å². The van der Waals surface area contributed by atoms with Crippen LogP contribution in [0.4, 0.5) is 30.8 Å². The summed E-state index contributed by atoms with van der Waals surface area (Å²) in [6.45, 7) is 7.54. The molecular weight excluding hydrogens is 431 g/mol. The highest BCUT2D eigenvalue weighted by atomic mass is 35.5. The maximum absolute atomic E-state index is 13.2. The zero-order valence-corrected chi connectivity index (χ0v) is 18.1. The highest BCUT2D eigenvalue weighted by Gasteiger charge is 2.31. The van der Waals surface area contributed by atoms with Crippen LogP contribution in [0.2, 0.25) is 5.02 Å². The first-order chi connectivity index (χ1) is 14.5. The molecule has 1 fully saturated rings. The number of nitrogens with one attached hydrogen (secondary N) is 3. The minimum Gasteiger partial charge on any atom is -0.350 e. The first-order valence-electron chi connectivity index (χ1n) is 9.88. The molecule has 1 aromatic carbocycles. The number of benzene rings is 1. The molecule has 0 aliphatic carbocycles. The van der Waals surface area contributed by atoms with Crippen LogP contribution in [0.3, 0.4) is 0 Å². The minimum absolute atomic E-state index is 0.0148. The summed E-state index contributed by atoms with van der Waals surface area (Å²) in [6, 6.07) is 3.39. The van der Waals surface area contributed by atoms with Crippen molar-refractivity contribution in [1.82, 2.24) is 24.8 Å². The molecule has 0 spiro atoms. The Morgan fingerprint density at radius 3 is 2.58 bits per heavy atom. The van der Waals surface area contributed by atoms with Gasteiger partial charge in [0.15, 0.2) is 5.65 Å². The summed E-state index contributed by atoms with van der Waals surface area (Å²) in [5.74, 6) is 0.849. The van der Waals surface area contributed by atoms with Gasteiger partial charge < -0.3 is 16.0 Å². The van der Waals surface area contributed by atoms with Crippen molar-refractivity contribution in [2.75, 3.05) is 23.7 Å². The van der Waals surface area contributed by atoms with Crippen molar-refractivity contribution < 1.29 is 13.2 Å². The summed E-state index contributed by atoms with van der Waals surface area (Å²) in [7, 11) is 0. The Labute approximate surface area is 182 Å². The lowest BCUT2D eigenvalue weighted by Crippen LogP contribution is -2.27. The van der Waals surface area contributed by atoms with Gasteiger partial charge in [0.25, 0.3) is 0 Å². The van der Waals surface area contributed by atoms with E-state index in [1.807, 2.05) is 25.3 Å². The summed E-state index contributed by atoms with van der Waals surface area (Å²) < 4.78 is 41.6. The van der Waals surface area contributed by atoms with Crippen LogP contribution in [0.15, 0.2) is 24.4 Å². The number of nitrogens with zero attached hydrogens (tertiary/aromatic N) is 4. The number of hydrogen-bond acceptors (Lipinski definition) is 6. The van der Waals surface area contributed by atoms with Gasteiger partial charge >= 0.3 is 6.18 Å². The van der Waals surface area contributed by atoms with Gasteiger partial charge in [0.2, 0.25) is 11.9 Å². The number of rotatable bonds is 4. The summed E-state index contributed by atoms with van der Waals surface area (Å²) in [5.41, 5.74) is 0.291. The highest BCUT2D eigenvalue weighted by Crippen LogP contribution is 2.35. The summed E-state index contributed by atoms with van der Waals surface area (Å²) in [4.78, 5) is 13.5. The topological polar surface area (TPSA) is 79.7 Å². The van der Waals surface area contributed by atoms with Crippen LogP contribution < -0.4 is 16.0 Å². The molecule has 31 heavy (non-hydrogen) atoms. The second-order valence-corrected chi connectivity index (χ2v) is 9.02. The van der Waals surface area contributed by atoms with Crippen molar-refractivity contribution in [2.24, 2.45) is 0 Å². The van der Waals surface area contributed by atoms with E-state index in [9.17, 15) is 13.2 Å². The molecule has 7 nitrogen and oxygen atoms in total. The maximum Gasteiger partial charge on any atom is 0.416 e. The zero-order valence-electron chi connectivity index (χ0n) is 17.3. The zero-order chi connectivity index (χ0) is 22.4. The second-order valence-electron chi connectivity index (χ2n) is 8.58. The van der Waals surface area contributed by atoms with Crippen molar-refractivity contribution in [3.8, 4) is 0 Å². The monoisotopic (exact) mass is 453 g/mol. The predicted molar refractivity (Wildman–Crippen MR) is 115 cm³/mol. The molecule has 1 unspecified atom stereocenters. The van der Waals surface area contributed by atoms with Crippen LogP contribution in [0.25, 0.3) is 11.2 Å².